The summed E-state index contributed by atoms with van der Waals surface area (Å²) < 4.78 is 12.8. The van der Waals surface area contributed by atoms with Crippen molar-refractivity contribution in [3.8, 4) is 5.75 Å². The van der Waals surface area contributed by atoms with Gasteiger partial charge in [0.2, 0.25) is 0 Å². The summed E-state index contributed by atoms with van der Waals surface area (Å²) in [7, 11) is 0. The SMILES string of the molecule is Cc1cc(O)c(F)nc1Br. The molecule has 1 aromatic heterocycles. The molecule has 0 amide bonds. The van der Waals surface area contributed by atoms with E-state index in [2.05, 4.69) is 20.9 Å². The van der Waals surface area contributed by atoms with Gasteiger partial charge in [0.25, 0.3) is 5.95 Å². The third kappa shape index (κ3) is 1.26. The van der Waals surface area contributed by atoms with Crippen LogP contribution >= 0.6 is 15.9 Å². The van der Waals surface area contributed by atoms with E-state index in [1.165, 1.54) is 6.07 Å². The molecule has 1 rings (SSSR count). The minimum atomic E-state index is -0.850. The Hall–Kier alpha value is -0.640. The summed E-state index contributed by atoms with van der Waals surface area (Å²) in [6, 6.07) is 1.31. The minimum absolute atomic E-state index is 0.416. The monoisotopic (exact) mass is 205 g/mol. The van der Waals surface area contributed by atoms with Crippen LogP contribution in [0, 0.1) is 12.9 Å². The van der Waals surface area contributed by atoms with Gasteiger partial charge >= 0.3 is 0 Å². The molecule has 0 unspecified atom stereocenters. The molecule has 0 aromatic carbocycles. The molecule has 1 heterocycles. The van der Waals surface area contributed by atoms with Gasteiger partial charge in [0.15, 0.2) is 5.75 Å². The minimum Gasteiger partial charge on any atom is -0.504 e. The van der Waals surface area contributed by atoms with Gasteiger partial charge in [-0.15, -0.1) is 0 Å². The number of aryl methyl sites for hydroxylation is 1. The van der Waals surface area contributed by atoms with Gasteiger partial charge in [0.1, 0.15) is 4.60 Å². The average Bonchev–Trinajstić information content (AvgIpc) is 1.84. The molecular weight excluding hydrogens is 201 g/mol. The molecule has 0 bridgehead atoms. The van der Waals surface area contributed by atoms with Crippen molar-refractivity contribution in [3.63, 3.8) is 0 Å². The smallest absolute Gasteiger partial charge is 0.256 e. The molecule has 4 heteroatoms. The number of rotatable bonds is 0. The number of hydrogen-bond acceptors (Lipinski definition) is 2. The highest BCUT2D eigenvalue weighted by atomic mass is 79.9. The van der Waals surface area contributed by atoms with Gasteiger partial charge in [0, 0.05) is 0 Å². The quantitative estimate of drug-likeness (QED) is 0.658. The van der Waals surface area contributed by atoms with E-state index in [1.807, 2.05) is 0 Å². The fraction of sp³-hybridized carbons (Fsp3) is 0.167. The molecule has 10 heavy (non-hydrogen) atoms. The first-order chi connectivity index (χ1) is 4.61. The number of aromatic nitrogens is 1. The van der Waals surface area contributed by atoms with Crippen LogP contribution in [0.3, 0.4) is 0 Å². The molecular formula is C6H5BrFNO. The molecule has 0 saturated carbocycles. The van der Waals surface area contributed by atoms with Crippen molar-refractivity contribution < 1.29 is 9.50 Å². The van der Waals surface area contributed by atoms with Gasteiger partial charge < -0.3 is 5.11 Å². The van der Waals surface area contributed by atoms with E-state index in [0.717, 1.165) is 0 Å². The van der Waals surface area contributed by atoms with Gasteiger partial charge in [0.05, 0.1) is 0 Å². The van der Waals surface area contributed by atoms with Crippen LogP contribution in [0.2, 0.25) is 0 Å². The molecule has 0 aliphatic rings. The van der Waals surface area contributed by atoms with Gasteiger partial charge in [-0.2, -0.15) is 4.39 Å². The third-order valence-electron chi connectivity index (χ3n) is 1.09. The lowest BCUT2D eigenvalue weighted by Crippen LogP contribution is -1.87. The van der Waals surface area contributed by atoms with E-state index in [9.17, 15) is 4.39 Å². The van der Waals surface area contributed by atoms with Gasteiger partial charge in [-0.25, -0.2) is 4.98 Å². The number of aromatic hydroxyl groups is 1. The lowest BCUT2D eigenvalue weighted by Gasteiger charge is -1.97. The number of nitrogens with zero attached hydrogens (tertiary/aromatic N) is 1. The number of halogens is 2. The summed E-state index contributed by atoms with van der Waals surface area (Å²) in [6.45, 7) is 1.72. The fourth-order valence-corrected chi connectivity index (χ4v) is 0.826. The van der Waals surface area contributed by atoms with Crippen molar-refractivity contribution in [2.24, 2.45) is 0 Å². The van der Waals surface area contributed by atoms with Crippen molar-refractivity contribution in [2.75, 3.05) is 0 Å². The van der Waals surface area contributed by atoms with Crippen LogP contribution in [0.15, 0.2) is 10.7 Å². The Labute approximate surface area is 65.8 Å². The van der Waals surface area contributed by atoms with Crippen LogP contribution in [-0.2, 0) is 0 Å². The second-order valence-electron chi connectivity index (χ2n) is 1.91. The second-order valence-corrected chi connectivity index (χ2v) is 2.66. The molecule has 1 aromatic rings. The fourth-order valence-electron chi connectivity index (χ4n) is 0.556. The van der Waals surface area contributed by atoms with Crippen molar-refractivity contribution >= 4 is 15.9 Å². The zero-order valence-corrected chi connectivity index (χ0v) is 6.81. The molecule has 2 nitrogen and oxygen atoms in total. The van der Waals surface area contributed by atoms with E-state index in [4.69, 9.17) is 5.11 Å². The normalized spacial score (nSPS) is 9.90. The van der Waals surface area contributed by atoms with Crippen LogP contribution < -0.4 is 0 Å². The Morgan fingerprint density at radius 2 is 2.30 bits per heavy atom. The Balaban J connectivity index is 3.28. The highest BCUT2D eigenvalue weighted by Crippen LogP contribution is 2.20. The maximum Gasteiger partial charge on any atom is 0.256 e. The summed E-state index contributed by atoms with van der Waals surface area (Å²) in [5.74, 6) is -1.27. The van der Waals surface area contributed by atoms with Crippen molar-refractivity contribution in [2.45, 2.75) is 6.92 Å². The molecule has 0 fully saturated rings. The maximum absolute atomic E-state index is 12.4. The van der Waals surface area contributed by atoms with E-state index in [0.29, 0.717) is 10.2 Å². The topological polar surface area (TPSA) is 33.1 Å². The Morgan fingerprint density at radius 1 is 1.70 bits per heavy atom. The molecule has 0 atom stereocenters. The van der Waals surface area contributed by atoms with Crippen molar-refractivity contribution in [3.05, 3.63) is 22.2 Å². The first kappa shape index (κ1) is 7.47. The Morgan fingerprint density at radius 3 is 2.80 bits per heavy atom. The van der Waals surface area contributed by atoms with Gasteiger partial charge in [-0.3, -0.25) is 0 Å². The maximum atomic E-state index is 12.4. The number of hydrogen-bond donors (Lipinski definition) is 1. The van der Waals surface area contributed by atoms with Crippen LogP contribution in [0.4, 0.5) is 4.39 Å². The Kier molecular flexibility index (Phi) is 1.89. The van der Waals surface area contributed by atoms with E-state index in [1.54, 1.807) is 6.92 Å². The van der Waals surface area contributed by atoms with Crippen LogP contribution in [0.5, 0.6) is 5.75 Å². The van der Waals surface area contributed by atoms with Gasteiger partial charge in [-0.05, 0) is 34.5 Å². The highest BCUT2D eigenvalue weighted by molar-refractivity contribution is 9.10. The first-order valence-corrected chi connectivity index (χ1v) is 3.42. The Bertz CT molecular complexity index is 214. The summed E-state index contributed by atoms with van der Waals surface area (Å²) in [5, 5.41) is 8.77. The van der Waals surface area contributed by atoms with Crippen LogP contribution in [0.25, 0.3) is 0 Å². The molecule has 0 aliphatic carbocycles. The van der Waals surface area contributed by atoms with Crippen molar-refractivity contribution in [1.29, 1.82) is 0 Å². The van der Waals surface area contributed by atoms with E-state index < -0.39 is 11.7 Å². The highest BCUT2D eigenvalue weighted by Gasteiger charge is 2.04. The molecule has 0 saturated heterocycles. The predicted octanol–water partition coefficient (Wildman–Crippen LogP) is 2.00. The predicted molar refractivity (Wildman–Crippen MR) is 38.3 cm³/mol. The van der Waals surface area contributed by atoms with Crippen LogP contribution in [-0.4, -0.2) is 10.1 Å². The number of pyridine rings is 1. The van der Waals surface area contributed by atoms with E-state index in [-0.39, 0.29) is 0 Å². The summed E-state index contributed by atoms with van der Waals surface area (Å²) >= 11 is 3.02. The van der Waals surface area contributed by atoms with E-state index >= 15 is 0 Å². The second kappa shape index (κ2) is 2.54. The molecule has 54 valence electrons. The molecule has 0 spiro atoms. The average molecular weight is 206 g/mol. The molecule has 0 radical (unpaired) electrons. The zero-order chi connectivity index (χ0) is 7.72. The summed E-state index contributed by atoms with van der Waals surface area (Å²) in [6.07, 6.45) is 0. The lowest BCUT2D eigenvalue weighted by atomic mass is 10.3. The molecule has 0 aliphatic heterocycles. The van der Waals surface area contributed by atoms with Crippen molar-refractivity contribution in [1.82, 2.24) is 4.98 Å². The first-order valence-electron chi connectivity index (χ1n) is 2.63. The largest absolute Gasteiger partial charge is 0.504 e. The summed E-state index contributed by atoms with van der Waals surface area (Å²) in [4.78, 5) is 3.37. The van der Waals surface area contributed by atoms with Gasteiger partial charge in [-0.1, -0.05) is 0 Å². The third-order valence-corrected chi connectivity index (χ3v) is 1.89. The molecule has 1 N–H and O–H groups in total. The lowest BCUT2D eigenvalue weighted by molar-refractivity contribution is 0.417. The zero-order valence-electron chi connectivity index (χ0n) is 5.23. The standard InChI is InChI=1S/C6H5BrFNO/c1-3-2-4(10)6(8)9-5(3)7/h2,10H,1H3. The van der Waals surface area contributed by atoms with Crippen LogP contribution in [0.1, 0.15) is 5.56 Å². The summed E-state index contributed by atoms with van der Waals surface area (Å²) in [5.41, 5.74) is 0.707.